The number of carbonyl (C=O) groups excluding carboxylic acids is 2. The fourth-order valence-electron chi connectivity index (χ4n) is 1.62. The van der Waals surface area contributed by atoms with Gasteiger partial charge in [-0.15, -0.1) is 0 Å². The molecule has 0 spiro atoms. The van der Waals surface area contributed by atoms with Gasteiger partial charge in [-0.3, -0.25) is 20.4 Å². The Labute approximate surface area is 115 Å². The Balaban J connectivity index is 2.53. The standard InChI is InChI=1S/C8H11BrN6O2S/c9-8-12-4(6(16)13-10)5(7(17)14-11)15(8)3-1-18-2-3/h3H,1-2,10-11H2,(H,13,16)(H,14,17). The van der Waals surface area contributed by atoms with Crippen LogP contribution in [0, 0.1) is 0 Å². The lowest BCUT2D eigenvalue weighted by Crippen LogP contribution is -2.38. The van der Waals surface area contributed by atoms with Gasteiger partial charge in [0.05, 0.1) is 6.04 Å². The van der Waals surface area contributed by atoms with Gasteiger partial charge in [-0.05, 0) is 15.9 Å². The van der Waals surface area contributed by atoms with Crippen LogP contribution in [-0.2, 0) is 0 Å². The quantitative estimate of drug-likeness (QED) is 0.323. The van der Waals surface area contributed by atoms with Crippen molar-refractivity contribution in [2.24, 2.45) is 11.7 Å². The van der Waals surface area contributed by atoms with Gasteiger partial charge >= 0.3 is 0 Å². The summed E-state index contributed by atoms with van der Waals surface area (Å²) in [5, 5.41) is 0. The van der Waals surface area contributed by atoms with Crippen molar-refractivity contribution in [3.8, 4) is 0 Å². The molecule has 18 heavy (non-hydrogen) atoms. The molecule has 0 aromatic carbocycles. The summed E-state index contributed by atoms with van der Waals surface area (Å²) in [7, 11) is 0. The van der Waals surface area contributed by atoms with Crippen LogP contribution in [0.5, 0.6) is 0 Å². The number of hydrazine groups is 2. The molecule has 0 unspecified atom stereocenters. The minimum Gasteiger partial charge on any atom is -0.309 e. The average Bonchev–Trinajstić information content (AvgIpc) is 2.63. The highest BCUT2D eigenvalue weighted by atomic mass is 79.9. The van der Waals surface area contributed by atoms with Crippen LogP contribution < -0.4 is 22.5 Å². The number of rotatable bonds is 3. The molecule has 2 amide bonds. The number of nitrogens with two attached hydrogens (primary N) is 2. The lowest BCUT2D eigenvalue weighted by Gasteiger charge is -2.28. The topological polar surface area (TPSA) is 128 Å². The molecule has 0 aliphatic carbocycles. The van der Waals surface area contributed by atoms with Crippen molar-refractivity contribution in [2.75, 3.05) is 11.5 Å². The van der Waals surface area contributed by atoms with Crippen molar-refractivity contribution in [1.29, 1.82) is 0 Å². The summed E-state index contributed by atoms with van der Waals surface area (Å²) in [5.41, 5.74) is 4.02. The molecule has 2 rings (SSSR count). The fourth-order valence-corrected chi connectivity index (χ4v) is 3.01. The molecule has 1 aliphatic heterocycles. The first-order valence-electron chi connectivity index (χ1n) is 4.97. The van der Waals surface area contributed by atoms with Gasteiger partial charge in [0.25, 0.3) is 11.8 Å². The van der Waals surface area contributed by atoms with E-state index in [0.29, 0.717) is 4.73 Å². The molecule has 0 saturated carbocycles. The Kier molecular flexibility index (Phi) is 3.90. The Hall–Kier alpha value is -1.10. The van der Waals surface area contributed by atoms with Gasteiger partial charge in [-0.1, -0.05) is 0 Å². The summed E-state index contributed by atoms with van der Waals surface area (Å²) in [5.74, 6) is 10.7. The Morgan fingerprint density at radius 1 is 1.33 bits per heavy atom. The number of nitrogens with zero attached hydrogens (tertiary/aromatic N) is 2. The number of halogens is 1. The minimum absolute atomic E-state index is 0.0516. The van der Waals surface area contributed by atoms with Gasteiger partial charge in [0.15, 0.2) is 10.4 Å². The zero-order chi connectivity index (χ0) is 13.3. The maximum absolute atomic E-state index is 11.8. The summed E-state index contributed by atoms with van der Waals surface area (Å²) >= 11 is 4.98. The second-order valence-electron chi connectivity index (χ2n) is 3.59. The molecule has 1 saturated heterocycles. The van der Waals surface area contributed by atoms with E-state index < -0.39 is 11.8 Å². The number of amides is 2. The van der Waals surface area contributed by atoms with Crippen molar-refractivity contribution in [3.05, 3.63) is 16.1 Å². The van der Waals surface area contributed by atoms with Crippen LogP contribution in [0.2, 0.25) is 0 Å². The van der Waals surface area contributed by atoms with Crippen LogP contribution in [0.1, 0.15) is 27.0 Å². The van der Waals surface area contributed by atoms with E-state index >= 15 is 0 Å². The largest absolute Gasteiger partial charge is 0.309 e. The van der Waals surface area contributed by atoms with Crippen LogP contribution in [0.15, 0.2) is 4.73 Å². The number of thioether (sulfide) groups is 1. The molecule has 1 aromatic heterocycles. The SMILES string of the molecule is NNC(=O)c1nc(Br)n(C2CSC2)c1C(=O)NN. The second kappa shape index (κ2) is 5.26. The Morgan fingerprint density at radius 2 is 1.94 bits per heavy atom. The number of hydrogen-bond acceptors (Lipinski definition) is 6. The van der Waals surface area contributed by atoms with Crippen LogP contribution in [0.4, 0.5) is 0 Å². The third kappa shape index (κ3) is 2.11. The maximum Gasteiger partial charge on any atom is 0.286 e. The summed E-state index contributed by atoms with van der Waals surface area (Å²) in [6, 6.07) is 0.114. The van der Waals surface area contributed by atoms with E-state index in [4.69, 9.17) is 11.7 Å². The number of nitrogens with one attached hydrogen (secondary N) is 2. The fraction of sp³-hybridized carbons (Fsp3) is 0.375. The van der Waals surface area contributed by atoms with E-state index in [1.54, 1.807) is 16.3 Å². The van der Waals surface area contributed by atoms with Crippen molar-refractivity contribution >= 4 is 39.5 Å². The predicted octanol–water partition coefficient (Wildman–Crippen LogP) is -0.860. The van der Waals surface area contributed by atoms with Crippen molar-refractivity contribution in [3.63, 3.8) is 0 Å². The zero-order valence-corrected chi connectivity index (χ0v) is 11.5. The Morgan fingerprint density at radius 3 is 2.39 bits per heavy atom. The highest BCUT2D eigenvalue weighted by Gasteiger charge is 2.32. The Bertz CT molecular complexity index is 500. The molecule has 6 N–H and O–H groups in total. The van der Waals surface area contributed by atoms with Gasteiger partial charge < -0.3 is 4.57 Å². The molecular formula is C8H11BrN6O2S. The highest BCUT2D eigenvalue weighted by Crippen LogP contribution is 2.34. The first kappa shape index (κ1) is 13.3. The number of nitrogen functional groups attached to an aromatic ring is 2. The molecule has 10 heteroatoms. The van der Waals surface area contributed by atoms with Crippen molar-refractivity contribution in [2.45, 2.75) is 6.04 Å². The third-order valence-corrected chi connectivity index (χ3v) is 4.35. The van der Waals surface area contributed by atoms with E-state index in [1.807, 2.05) is 10.9 Å². The predicted molar refractivity (Wildman–Crippen MR) is 69.6 cm³/mol. The molecule has 0 bridgehead atoms. The number of imidazole rings is 1. The summed E-state index contributed by atoms with van der Waals surface area (Å²) < 4.78 is 2.06. The monoisotopic (exact) mass is 334 g/mol. The van der Waals surface area contributed by atoms with E-state index in [9.17, 15) is 9.59 Å². The first-order chi connectivity index (χ1) is 8.60. The van der Waals surface area contributed by atoms with Gasteiger partial charge in [-0.25, -0.2) is 16.7 Å². The molecule has 0 atom stereocenters. The molecule has 1 fully saturated rings. The lowest BCUT2D eigenvalue weighted by molar-refractivity contribution is 0.0910. The highest BCUT2D eigenvalue weighted by molar-refractivity contribution is 9.10. The molecule has 8 nitrogen and oxygen atoms in total. The summed E-state index contributed by atoms with van der Waals surface area (Å²) in [6.45, 7) is 0. The van der Waals surface area contributed by atoms with Crippen LogP contribution in [0.25, 0.3) is 0 Å². The molecule has 0 radical (unpaired) electrons. The summed E-state index contributed by atoms with van der Waals surface area (Å²) in [6.07, 6.45) is 0. The summed E-state index contributed by atoms with van der Waals surface area (Å²) in [4.78, 5) is 27.4. The number of carbonyl (C=O) groups is 2. The minimum atomic E-state index is -0.639. The van der Waals surface area contributed by atoms with Crippen LogP contribution >= 0.6 is 27.7 Å². The smallest absolute Gasteiger partial charge is 0.286 e. The molecular weight excluding hydrogens is 324 g/mol. The van der Waals surface area contributed by atoms with Gasteiger partial charge in [-0.2, -0.15) is 11.8 Å². The normalized spacial score (nSPS) is 15.1. The van der Waals surface area contributed by atoms with E-state index in [0.717, 1.165) is 11.5 Å². The number of aromatic nitrogens is 2. The maximum atomic E-state index is 11.8. The molecule has 1 aliphatic rings. The van der Waals surface area contributed by atoms with Gasteiger partial charge in [0, 0.05) is 11.5 Å². The molecule has 1 aromatic rings. The van der Waals surface area contributed by atoms with E-state index in [1.165, 1.54) is 0 Å². The molecule has 2 heterocycles. The van der Waals surface area contributed by atoms with Crippen molar-refractivity contribution < 1.29 is 9.59 Å². The van der Waals surface area contributed by atoms with E-state index in [-0.39, 0.29) is 17.4 Å². The first-order valence-corrected chi connectivity index (χ1v) is 6.92. The zero-order valence-electron chi connectivity index (χ0n) is 9.14. The second-order valence-corrected chi connectivity index (χ2v) is 5.37. The number of hydrogen-bond donors (Lipinski definition) is 4. The third-order valence-electron chi connectivity index (χ3n) is 2.55. The van der Waals surface area contributed by atoms with Gasteiger partial charge in [0.1, 0.15) is 5.69 Å². The van der Waals surface area contributed by atoms with Crippen LogP contribution in [0.3, 0.4) is 0 Å². The lowest BCUT2D eigenvalue weighted by atomic mass is 10.2. The van der Waals surface area contributed by atoms with Gasteiger partial charge in [0.2, 0.25) is 0 Å². The molecule has 98 valence electrons. The van der Waals surface area contributed by atoms with Crippen LogP contribution in [-0.4, -0.2) is 32.9 Å². The average molecular weight is 335 g/mol. The van der Waals surface area contributed by atoms with E-state index in [2.05, 4.69) is 20.9 Å². The van der Waals surface area contributed by atoms with Crippen molar-refractivity contribution in [1.82, 2.24) is 20.4 Å².